The Hall–Kier alpha value is -1.24. The summed E-state index contributed by atoms with van der Waals surface area (Å²) in [7, 11) is 0. The lowest BCUT2D eigenvalue weighted by Gasteiger charge is -2.28. The van der Waals surface area contributed by atoms with E-state index in [1.165, 1.54) is 12.8 Å². The van der Waals surface area contributed by atoms with E-state index in [1.807, 2.05) is 40.9 Å². The Morgan fingerprint density at radius 3 is 2.36 bits per heavy atom. The molecule has 28 heavy (non-hydrogen) atoms. The third-order valence-corrected chi connectivity index (χ3v) is 6.94. The van der Waals surface area contributed by atoms with E-state index in [4.69, 9.17) is 0 Å². The summed E-state index contributed by atoms with van der Waals surface area (Å²) >= 11 is 1.91. The van der Waals surface area contributed by atoms with Gasteiger partial charge in [0.25, 0.3) is 0 Å². The highest BCUT2D eigenvalue weighted by molar-refractivity contribution is 7.99. The molecule has 0 radical (unpaired) electrons. The van der Waals surface area contributed by atoms with Gasteiger partial charge in [0, 0.05) is 48.8 Å². The molecule has 2 atom stereocenters. The Bertz CT molecular complexity index is 667. The number of carbonyl (C=O) groups is 2. The molecule has 1 aromatic carbocycles. The lowest BCUT2D eigenvalue weighted by atomic mass is 9.89. The molecule has 3 saturated heterocycles. The Morgan fingerprint density at radius 2 is 1.71 bits per heavy atom. The number of halogens is 1. The topological polar surface area (TPSA) is 61.4 Å². The molecule has 154 valence electrons. The second-order valence-electron chi connectivity index (χ2n) is 8.09. The van der Waals surface area contributed by atoms with Gasteiger partial charge in [0.2, 0.25) is 11.8 Å². The van der Waals surface area contributed by atoms with E-state index in [0.29, 0.717) is 30.8 Å². The van der Waals surface area contributed by atoms with Crippen molar-refractivity contribution in [3.8, 4) is 0 Å². The molecule has 3 heterocycles. The van der Waals surface area contributed by atoms with Gasteiger partial charge in [-0.3, -0.25) is 9.59 Å². The minimum atomic E-state index is 0. The van der Waals surface area contributed by atoms with Crippen LogP contribution in [-0.2, 0) is 16.0 Å². The number of carbonyl (C=O) groups excluding carboxylic acids is 2. The summed E-state index contributed by atoms with van der Waals surface area (Å²) in [6, 6.07) is 8.99. The van der Waals surface area contributed by atoms with Crippen LogP contribution in [0.15, 0.2) is 24.3 Å². The number of hydrogen-bond donors (Lipinski definition) is 2. The molecule has 0 saturated carbocycles. The number of thioether (sulfide) groups is 1. The Balaban J connectivity index is 0.00000225. The molecule has 0 aromatic heterocycles. The summed E-state index contributed by atoms with van der Waals surface area (Å²) in [4.78, 5) is 26.7. The van der Waals surface area contributed by atoms with E-state index < -0.39 is 0 Å². The van der Waals surface area contributed by atoms with E-state index in [2.05, 4.69) is 10.6 Å². The molecule has 2 N–H and O–H groups in total. The lowest BCUT2D eigenvalue weighted by molar-refractivity contribution is -0.130. The Morgan fingerprint density at radius 1 is 1.07 bits per heavy atom. The van der Waals surface area contributed by atoms with Crippen LogP contribution in [0, 0.1) is 5.92 Å². The normalized spacial score (nSPS) is 26.4. The Labute approximate surface area is 177 Å². The number of anilines is 1. The first-order valence-corrected chi connectivity index (χ1v) is 11.3. The molecule has 0 aliphatic carbocycles. The molecule has 2 amide bonds. The molecule has 3 aliphatic heterocycles. The molecule has 7 heteroatoms. The molecule has 1 aromatic rings. The molecular formula is C21H30ClN3O2S. The predicted octanol–water partition coefficient (Wildman–Crippen LogP) is 3.09. The average molecular weight is 424 g/mol. The highest BCUT2D eigenvalue weighted by Gasteiger charge is 2.34. The second kappa shape index (κ2) is 9.99. The number of benzene rings is 1. The average Bonchev–Trinajstić information content (AvgIpc) is 3.02. The SMILES string of the molecule is Cl.O=C(CC1CC2CCC(C1)N2)Nc1ccc(CC(=O)N2CCSCC2)cc1. The molecule has 2 bridgehead atoms. The van der Waals surface area contributed by atoms with Crippen LogP contribution in [-0.4, -0.2) is 53.4 Å². The van der Waals surface area contributed by atoms with E-state index >= 15 is 0 Å². The van der Waals surface area contributed by atoms with Crippen molar-refractivity contribution in [2.24, 2.45) is 5.92 Å². The molecule has 0 spiro atoms. The number of rotatable bonds is 5. The minimum Gasteiger partial charge on any atom is -0.341 e. The minimum absolute atomic E-state index is 0. The molecule has 2 unspecified atom stereocenters. The van der Waals surface area contributed by atoms with Crippen LogP contribution in [0.1, 0.15) is 37.7 Å². The number of fused-ring (bicyclic) bond motifs is 2. The second-order valence-corrected chi connectivity index (χ2v) is 9.32. The smallest absolute Gasteiger partial charge is 0.227 e. The Kier molecular flexibility index (Phi) is 7.66. The summed E-state index contributed by atoms with van der Waals surface area (Å²) in [5.74, 6) is 2.89. The summed E-state index contributed by atoms with van der Waals surface area (Å²) < 4.78 is 0. The summed E-state index contributed by atoms with van der Waals surface area (Å²) in [6.07, 6.45) is 5.83. The molecular weight excluding hydrogens is 394 g/mol. The van der Waals surface area contributed by atoms with Gasteiger partial charge in [0.15, 0.2) is 0 Å². The summed E-state index contributed by atoms with van der Waals surface area (Å²) in [5, 5.41) is 6.65. The van der Waals surface area contributed by atoms with Crippen LogP contribution in [0.4, 0.5) is 5.69 Å². The van der Waals surface area contributed by atoms with Gasteiger partial charge in [0.1, 0.15) is 0 Å². The maximum atomic E-state index is 12.4. The highest BCUT2D eigenvalue weighted by atomic mass is 35.5. The van der Waals surface area contributed by atoms with Crippen molar-refractivity contribution in [3.05, 3.63) is 29.8 Å². The van der Waals surface area contributed by atoms with Crippen molar-refractivity contribution >= 4 is 41.7 Å². The van der Waals surface area contributed by atoms with Gasteiger partial charge in [0.05, 0.1) is 6.42 Å². The van der Waals surface area contributed by atoms with Crippen molar-refractivity contribution in [2.45, 2.75) is 50.6 Å². The fourth-order valence-electron chi connectivity index (χ4n) is 4.62. The zero-order valence-corrected chi connectivity index (χ0v) is 17.8. The summed E-state index contributed by atoms with van der Waals surface area (Å²) in [6.45, 7) is 1.71. The van der Waals surface area contributed by atoms with Crippen molar-refractivity contribution in [1.82, 2.24) is 10.2 Å². The third-order valence-electron chi connectivity index (χ3n) is 6.00. The van der Waals surface area contributed by atoms with Gasteiger partial charge < -0.3 is 15.5 Å². The first kappa shape index (κ1) is 21.5. The zero-order chi connectivity index (χ0) is 18.6. The van der Waals surface area contributed by atoms with Gasteiger partial charge >= 0.3 is 0 Å². The molecule has 3 aliphatic rings. The maximum Gasteiger partial charge on any atom is 0.227 e. The van der Waals surface area contributed by atoms with Crippen molar-refractivity contribution in [1.29, 1.82) is 0 Å². The third kappa shape index (κ3) is 5.65. The zero-order valence-electron chi connectivity index (χ0n) is 16.2. The quantitative estimate of drug-likeness (QED) is 0.764. The van der Waals surface area contributed by atoms with Gasteiger partial charge in [-0.25, -0.2) is 0 Å². The fourth-order valence-corrected chi connectivity index (χ4v) is 5.52. The van der Waals surface area contributed by atoms with Gasteiger partial charge in [-0.05, 0) is 49.3 Å². The monoisotopic (exact) mass is 423 g/mol. The largest absolute Gasteiger partial charge is 0.341 e. The predicted molar refractivity (Wildman–Crippen MR) is 117 cm³/mol. The van der Waals surface area contributed by atoms with Crippen molar-refractivity contribution < 1.29 is 9.59 Å². The number of nitrogens with zero attached hydrogens (tertiary/aromatic N) is 1. The molecule has 3 fully saturated rings. The van der Waals surface area contributed by atoms with Gasteiger partial charge in [-0.1, -0.05) is 12.1 Å². The van der Waals surface area contributed by atoms with E-state index in [-0.39, 0.29) is 24.2 Å². The van der Waals surface area contributed by atoms with Crippen molar-refractivity contribution in [2.75, 3.05) is 29.9 Å². The number of hydrogen-bond acceptors (Lipinski definition) is 4. The van der Waals surface area contributed by atoms with Gasteiger partial charge in [-0.15, -0.1) is 12.4 Å². The number of nitrogens with one attached hydrogen (secondary N) is 2. The van der Waals surface area contributed by atoms with Crippen LogP contribution in [0.25, 0.3) is 0 Å². The molecule has 5 nitrogen and oxygen atoms in total. The first-order chi connectivity index (χ1) is 13.2. The van der Waals surface area contributed by atoms with Crippen LogP contribution in [0.5, 0.6) is 0 Å². The lowest BCUT2D eigenvalue weighted by Crippen LogP contribution is -2.39. The van der Waals surface area contributed by atoms with E-state index in [9.17, 15) is 9.59 Å². The van der Waals surface area contributed by atoms with Crippen molar-refractivity contribution in [3.63, 3.8) is 0 Å². The van der Waals surface area contributed by atoms with Crippen LogP contribution >= 0.6 is 24.2 Å². The summed E-state index contributed by atoms with van der Waals surface area (Å²) in [5.41, 5.74) is 1.83. The number of amides is 2. The molecule has 4 rings (SSSR count). The maximum absolute atomic E-state index is 12.4. The first-order valence-electron chi connectivity index (χ1n) is 10.2. The fraction of sp³-hybridized carbons (Fsp3) is 0.619. The van der Waals surface area contributed by atoms with E-state index in [1.54, 1.807) is 0 Å². The number of piperidine rings is 1. The van der Waals surface area contributed by atoms with Gasteiger partial charge in [-0.2, -0.15) is 11.8 Å². The highest BCUT2D eigenvalue weighted by Crippen LogP contribution is 2.32. The van der Waals surface area contributed by atoms with Crippen LogP contribution in [0.2, 0.25) is 0 Å². The standard InChI is InChI=1S/C21H29N3O2S.ClH/c25-20(13-16-11-18-5-6-19(12-16)22-18)23-17-3-1-15(2-4-17)14-21(26)24-7-9-27-10-8-24;/h1-4,16,18-19,22H,5-14H2,(H,23,25);1H. The van der Waals surface area contributed by atoms with Crippen LogP contribution in [0.3, 0.4) is 0 Å². The van der Waals surface area contributed by atoms with Crippen LogP contribution < -0.4 is 10.6 Å². The van der Waals surface area contributed by atoms with E-state index in [0.717, 1.165) is 48.7 Å².